The number of carbonyl (C=O) groups is 2. The van der Waals surface area contributed by atoms with Crippen LogP contribution in [0, 0.1) is 11.6 Å². The number of carbonyl (C=O) groups excluding carboxylic acids is 2. The molecule has 0 fully saturated rings. The van der Waals surface area contributed by atoms with Gasteiger partial charge in [-0.1, -0.05) is 0 Å². The van der Waals surface area contributed by atoms with E-state index in [0.717, 1.165) is 12.1 Å². The SMILES string of the molecule is C[C@H](NC(=O)Nc1ccc(F)cc1F)C(=O)OC(C)(C)C. The van der Waals surface area contributed by atoms with E-state index in [-0.39, 0.29) is 5.69 Å². The fourth-order valence-electron chi connectivity index (χ4n) is 1.39. The summed E-state index contributed by atoms with van der Waals surface area (Å²) in [5.74, 6) is -2.27. The Kier molecular flexibility index (Phi) is 5.23. The molecule has 21 heavy (non-hydrogen) atoms. The first kappa shape index (κ1) is 16.9. The van der Waals surface area contributed by atoms with Crippen LogP contribution >= 0.6 is 0 Å². The number of nitrogens with one attached hydrogen (secondary N) is 2. The second-order valence-corrected chi connectivity index (χ2v) is 5.48. The molecule has 0 radical (unpaired) electrons. The van der Waals surface area contributed by atoms with Crippen LogP contribution in [0.5, 0.6) is 0 Å². The Hall–Kier alpha value is -2.18. The van der Waals surface area contributed by atoms with E-state index >= 15 is 0 Å². The lowest BCUT2D eigenvalue weighted by Gasteiger charge is -2.22. The van der Waals surface area contributed by atoms with E-state index in [9.17, 15) is 18.4 Å². The van der Waals surface area contributed by atoms with Crippen molar-refractivity contribution in [2.45, 2.75) is 39.3 Å². The molecule has 0 aliphatic carbocycles. The fourth-order valence-corrected chi connectivity index (χ4v) is 1.39. The molecule has 0 saturated carbocycles. The smallest absolute Gasteiger partial charge is 0.328 e. The maximum Gasteiger partial charge on any atom is 0.328 e. The molecule has 0 unspecified atom stereocenters. The van der Waals surface area contributed by atoms with Crippen LogP contribution in [0.2, 0.25) is 0 Å². The van der Waals surface area contributed by atoms with Gasteiger partial charge in [0.1, 0.15) is 23.3 Å². The third-order valence-electron chi connectivity index (χ3n) is 2.29. The molecule has 5 nitrogen and oxygen atoms in total. The van der Waals surface area contributed by atoms with Crippen molar-refractivity contribution in [1.82, 2.24) is 5.32 Å². The number of hydrogen-bond acceptors (Lipinski definition) is 3. The summed E-state index contributed by atoms with van der Waals surface area (Å²) >= 11 is 0. The van der Waals surface area contributed by atoms with E-state index in [1.54, 1.807) is 20.8 Å². The third kappa shape index (κ3) is 5.76. The molecule has 0 spiro atoms. The third-order valence-corrected chi connectivity index (χ3v) is 2.29. The second kappa shape index (κ2) is 6.51. The number of ether oxygens (including phenoxy) is 1. The van der Waals surface area contributed by atoms with E-state index < -0.39 is 35.3 Å². The normalized spacial score (nSPS) is 12.5. The van der Waals surface area contributed by atoms with Crippen molar-refractivity contribution in [3.8, 4) is 0 Å². The van der Waals surface area contributed by atoms with Crippen LogP contribution in [-0.4, -0.2) is 23.6 Å². The number of benzene rings is 1. The van der Waals surface area contributed by atoms with Crippen molar-refractivity contribution in [3.05, 3.63) is 29.8 Å². The van der Waals surface area contributed by atoms with Gasteiger partial charge in [0.15, 0.2) is 0 Å². The molecule has 7 heteroatoms. The van der Waals surface area contributed by atoms with Gasteiger partial charge in [-0.05, 0) is 39.8 Å². The number of esters is 1. The highest BCUT2D eigenvalue weighted by atomic mass is 19.1. The molecular formula is C14H18F2N2O3. The standard InChI is InChI=1S/C14H18F2N2O3/c1-8(12(19)21-14(2,3)4)17-13(20)18-11-6-5-9(15)7-10(11)16/h5-8H,1-4H3,(H2,17,18,20)/t8-/m0/s1. The zero-order valence-electron chi connectivity index (χ0n) is 12.3. The lowest BCUT2D eigenvalue weighted by Crippen LogP contribution is -2.44. The molecule has 0 saturated heterocycles. The van der Waals surface area contributed by atoms with Gasteiger partial charge in [-0.15, -0.1) is 0 Å². The second-order valence-electron chi connectivity index (χ2n) is 5.48. The largest absolute Gasteiger partial charge is 0.458 e. The van der Waals surface area contributed by atoms with Gasteiger partial charge in [-0.25, -0.2) is 18.4 Å². The number of amides is 2. The highest BCUT2D eigenvalue weighted by molar-refractivity contribution is 5.92. The number of halogens is 2. The Labute approximate surface area is 121 Å². The molecule has 1 atom stereocenters. The molecular weight excluding hydrogens is 282 g/mol. The van der Waals surface area contributed by atoms with E-state index in [1.807, 2.05) is 0 Å². The fraction of sp³-hybridized carbons (Fsp3) is 0.429. The zero-order valence-corrected chi connectivity index (χ0v) is 12.3. The van der Waals surface area contributed by atoms with Gasteiger partial charge in [-0.3, -0.25) is 0 Å². The minimum Gasteiger partial charge on any atom is -0.458 e. The van der Waals surface area contributed by atoms with Crippen LogP contribution in [0.1, 0.15) is 27.7 Å². The van der Waals surface area contributed by atoms with Gasteiger partial charge < -0.3 is 15.4 Å². The predicted molar refractivity (Wildman–Crippen MR) is 73.8 cm³/mol. The van der Waals surface area contributed by atoms with Gasteiger partial charge in [0.25, 0.3) is 0 Å². The summed E-state index contributed by atoms with van der Waals surface area (Å²) in [6, 6.07) is 1.04. The summed E-state index contributed by atoms with van der Waals surface area (Å²) in [4.78, 5) is 23.3. The summed E-state index contributed by atoms with van der Waals surface area (Å²) < 4.78 is 31.2. The van der Waals surface area contributed by atoms with Gasteiger partial charge in [0.2, 0.25) is 0 Å². The molecule has 0 heterocycles. The molecule has 1 aromatic carbocycles. The first-order valence-corrected chi connectivity index (χ1v) is 6.34. The van der Waals surface area contributed by atoms with Gasteiger partial charge in [0, 0.05) is 6.07 Å². The van der Waals surface area contributed by atoms with E-state index in [0.29, 0.717) is 6.07 Å². The first-order valence-electron chi connectivity index (χ1n) is 6.34. The Morgan fingerprint density at radius 1 is 1.24 bits per heavy atom. The summed E-state index contributed by atoms with van der Waals surface area (Å²) in [7, 11) is 0. The van der Waals surface area contributed by atoms with Gasteiger partial charge >= 0.3 is 12.0 Å². The minimum absolute atomic E-state index is 0.190. The quantitative estimate of drug-likeness (QED) is 0.843. The molecule has 2 N–H and O–H groups in total. The molecule has 0 aliphatic rings. The Bertz CT molecular complexity index is 542. The lowest BCUT2D eigenvalue weighted by atomic mass is 10.2. The van der Waals surface area contributed by atoms with Gasteiger partial charge in [-0.2, -0.15) is 0 Å². The van der Waals surface area contributed by atoms with Crippen molar-refractivity contribution in [2.75, 3.05) is 5.32 Å². The Morgan fingerprint density at radius 2 is 1.86 bits per heavy atom. The van der Waals surface area contributed by atoms with Crippen molar-refractivity contribution in [1.29, 1.82) is 0 Å². The molecule has 0 bridgehead atoms. The maximum atomic E-state index is 13.4. The number of urea groups is 1. The van der Waals surface area contributed by atoms with Crippen LogP contribution in [0.25, 0.3) is 0 Å². The monoisotopic (exact) mass is 300 g/mol. The predicted octanol–water partition coefficient (Wildman–Crippen LogP) is 2.82. The maximum absolute atomic E-state index is 13.4. The van der Waals surface area contributed by atoms with E-state index in [4.69, 9.17) is 4.74 Å². The summed E-state index contributed by atoms with van der Waals surface area (Å²) in [5, 5.41) is 4.49. The summed E-state index contributed by atoms with van der Waals surface area (Å²) in [6.45, 7) is 6.54. The summed E-state index contributed by atoms with van der Waals surface area (Å²) in [6.07, 6.45) is 0. The van der Waals surface area contributed by atoms with Gasteiger partial charge in [0.05, 0.1) is 5.69 Å². The average Bonchev–Trinajstić information content (AvgIpc) is 2.30. The molecule has 1 rings (SSSR count). The molecule has 0 aliphatic heterocycles. The van der Waals surface area contributed by atoms with Crippen LogP contribution in [0.4, 0.5) is 19.3 Å². The molecule has 2 amide bonds. The minimum atomic E-state index is -0.910. The van der Waals surface area contributed by atoms with E-state index in [1.165, 1.54) is 6.92 Å². The van der Waals surface area contributed by atoms with E-state index in [2.05, 4.69) is 10.6 Å². The van der Waals surface area contributed by atoms with Crippen molar-refractivity contribution in [3.63, 3.8) is 0 Å². The molecule has 116 valence electrons. The number of rotatable bonds is 3. The molecule has 0 aromatic heterocycles. The van der Waals surface area contributed by atoms with Crippen molar-refractivity contribution in [2.24, 2.45) is 0 Å². The van der Waals surface area contributed by atoms with Crippen LogP contribution in [-0.2, 0) is 9.53 Å². The lowest BCUT2D eigenvalue weighted by molar-refractivity contribution is -0.156. The van der Waals surface area contributed by atoms with Crippen LogP contribution in [0.3, 0.4) is 0 Å². The topological polar surface area (TPSA) is 67.4 Å². The van der Waals surface area contributed by atoms with Crippen molar-refractivity contribution < 1.29 is 23.1 Å². The highest BCUT2D eigenvalue weighted by Gasteiger charge is 2.23. The van der Waals surface area contributed by atoms with Crippen molar-refractivity contribution >= 4 is 17.7 Å². The Balaban J connectivity index is 2.59. The summed E-state index contributed by atoms with van der Waals surface area (Å²) in [5.41, 5.74) is -0.864. The molecule has 1 aromatic rings. The zero-order chi connectivity index (χ0) is 16.2. The number of hydrogen-bond donors (Lipinski definition) is 2. The number of anilines is 1. The highest BCUT2D eigenvalue weighted by Crippen LogP contribution is 2.14. The van der Waals surface area contributed by atoms with Crippen LogP contribution < -0.4 is 10.6 Å². The Morgan fingerprint density at radius 3 is 2.38 bits per heavy atom. The van der Waals surface area contributed by atoms with Crippen LogP contribution in [0.15, 0.2) is 18.2 Å². The first-order chi connectivity index (χ1) is 9.58. The average molecular weight is 300 g/mol.